The lowest BCUT2D eigenvalue weighted by Gasteiger charge is -2.35. The molecule has 2 aromatic rings. The van der Waals surface area contributed by atoms with Crippen LogP contribution in [-0.2, 0) is 14.8 Å². The topological polar surface area (TPSA) is 98.8 Å². The van der Waals surface area contributed by atoms with Crippen molar-refractivity contribution in [2.45, 2.75) is 24.7 Å². The Labute approximate surface area is 193 Å². The van der Waals surface area contributed by atoms with E-state index in [0.717, 1.165) is 12.1 Å². The van der Waals surface area contributed by atoms with Gasteiger partial charge in [0, 0.05) is 56.9 Å². The highest BCUT2D eigenvalue weighted by molar-refractivity contribution is 7.89. The molecule has 2 amide bonds. The van der Waals surface area contributed by atoms with Crippen LogP contribution < -0.4 is 15.5 Å². The number of carbonyl (C=O) groups is 2. The average Bonchev–Trinajstić information content (AvgIpc) is 2.83. The highest BCUT2D eigenvalue weighted by Gasteiger charge is 2.29. The van der Waals surface area contributed by atoms with Crippen LogP contribution in [0.2, 0.25) is 0 Å². The highest BCUT2D eigenvalue weighted by atomic mass is 32.2. The van der Waals surface area contributed by atoms with E-state index in [2.05, 4.69) is 10.6 Å². The standard InChI is InChI=1S/C23H29FN4O4S/c1-2-11-25-22(29)10-12-26-23(30)18-4-3-5-21(17-18)33(31,32)28-15-13-27(14-16-28)20-8-6-19(24)7-9-20/h3-9,17H,2,10-16H2,1H3,(H,25,29)(H,26,30). The maximum Gasteiger partial charge on any atom is 0.251 e. The summed E-state index contributed by atoms with van der Waals surface area (Å²) in [5.41, 5.74) is 1.06. The van der Waals surface area contributed by atoms with Crippen molar-refractivity contribution >= 4 is 27.5 Å². The highest BCUT2D eigenvalue weighted by Crippen LogP contribution is 2.22. The first-order valence-corrected chi connectivity index (χ1v) is 12.4. The molecule has 0 radical (unpaired) electrons. The largest absolute Gasteiger partial charge is 0.369 e. The predicted octanol–water partition coefficient (Wildman–Crippen LogP) is 1.98. The Balaban J connectivity index is 1.59. The Bertz CT molecular complexity index is 1070. The molecule has 1 saturated heterocycles. The van der Waals surface area contributed by atoms with Crippen molar-refractivity contribution in [2.75, 3.05) is 44.2 Å². The lowest BCUT2D eigenvalue weighted by Crippen LogP contribution is -2.48. The quantitative estimate of drug-likeness (QED) is 0.577. The molecule has 0 spiro atoms. The normalized spacial score (nSPS) is 14.7. The molecule has 2 aromatic carbocycles. The Morgan fingerprint density at radius 3 is 2.33 bits per heavy atom. The van der Waals surface area contributed by atoms with Crippen molar-refractivity contribution < 1.29 is 22.4 Å². The molecule has 1 aliphatic heterocycles. The van der Waals surface area contributed by atoms with Crippen LogP contribution >= 0.6 is 0 Å². The van der Waals surface area contributed by atoms with E-state index in [1.807, 2.05) is 11.8 Å². The molecule has 33 heavy (non-hydrogen) atoms. The predicted molar refractivity (Wildman–Crippen MR) is 124 cm³/mol. The summed E-state index contributed by atoms with van der Waals surface area (Å²) < 4.78 is 40.8. The zero-order chi connectivity index (χ0) is 23.8. The van der Waals surface area contributed by atoms with Gasteiger partial charge in [-0.25, -0.2) is 12.8 Å². The van der Waals surface area contributed by atoms with E-state index in [0.29, 0.717) is 19.6 Å². The summed E-state index contributed by atoms with van der Waals surface area (Å²) in [6.07, 6.45) is 0.989. The minimum atomic E-state index is -3.77. The monoisotopic (exact) mass is 476 g/mol. The molecule has 0 aliphatic carbocycles. The van der Waals surface area contributed by atoms with Crippen molar-refractivity contribution in [3.63, 3.8) is 0 Å². The van der Waals surface area contributed by atoms with Crippen LogP contribution in [0.4, 0.5) is 10.1 Å². The minimum Gasteiger partial charge on any atom is -0.369 e. The van der Waals surface area contributed by atoms with E-state index < -0.39 is 15.9 Å². The van der Waals surface area contributed by atoms with Gasteiger partial charge in [-0.1, -0.05) is 13.0 Å². The maximum absolute atomic E-state index is 13.1. The van der Waals surface area contributed by atoms with E-state index in [9.17, 15) is 22.4 Å². The van der Waals surface area contributed by atoms with E-state index in [1.54, 1.807) is 12.1 Å². The molecular formula is C23H29FN4O4S. The molecule has 178 valence electrons. The number of hydrogen-bond donors (Lipinski definition) is 2. The summed E-state index contributed by atoms with van der Waals surface area (Å²) in [5, 5.41) is 5.38. The van der Waals surface area contributed by atoms with Crippen LogP contribution in [0.5, 0.6) is 0 Å². The third kappa shape index (κ3) is 6.52. The van der Waals surface area contributed by atoms with Gasteiger partial charge in [-0.3, -0.25) is 9.59 Å². The molecule has 1 heterocycles. The number of piperazine rings is 1. The van der Waals surface area contributed by atoms with Crippen LogP contribution in [0.3, 0.4) is 0 Å². The van der Waals surface area contributed by atoms with E-state index >= 15 is 0 Å². The number of hydrogen-bond acceptors (Lipinski definition) is 5. The summed E-state index contributed by atoms with van der Waals surface area (Å²) in [4.78, 5) is 26.1. The van der Waals surface area contributed by atoms with Crippen molar-refractivity contribution in [1.29, 1.82) is 0 Å². The first-order valence-electron chi connectivity index (χ1n) is 11.0. The number of amides is 2. The zero-order valence-corrected chi connectivity index (χ0v) is 19.4. The van der Waals surface area contributed by atoms with Gasteiger partial charge in [-0.2, -0.15) is 4.31 Å². The van der Waals surface area contributed by atoms with Gasteiger partial charge in [0.05, 0.1) is 4.90 Å². The Morgan fingerprint density at radius 1 is 0.970 bits per heavy atom. The molecule has 2 N–H and O–H groups in total. The molecule has 0 aromatic heterocycles. The van der Waals surface area contributed by atoms with Crippen molar-refractivity contribution in [3.05, 3.63) is 59.9 Å². The van der Waals surface area contributed by atoms with Crippen LogP contribution in [-0.4, -0.2) is 63.8 Å². The second-order valence-corrected chi connectivity index (χ2v) is 9.69. The van der Waals surface area contributed by atoms with Gasteiger partial charge in [0.15, 0.2) is 0 Å². The fraction of sp³-hybridized carbons (Fsp3) is 0.391. The number of rotatable bonds is 9. The third-order valence-electron chi connectivity index (χ3n) is 5.37. The molecule has 8 nitrogen and oxygen atoms in total. The lowest BCUT2D eigenvalue weighted by molar-refractivity contribution is -0.120. The summed E-state index contributed by atoms with van der Waals surface area (Å²) in [7, 11) is -3.77. The van der Waals surface area contributed by atoms with Crippen LogP contribution in [0.15, 0.2) is 53.4 Å². The fourth-order valence-electron chi connectivity index (χ4n) is 3.53. The molecule has 1 fully saturated rings. The number of nitrogens with zero attached hydrogens (tertiary/aromatic N) is 2. The SMILES string of the molecule is CCCNC(=O)CCNC(=O)c1cccc(S(=O)(=O)N2CCN(c3ccc(F)cc3)CC2)c1. The van der Waals surface area contributed by atoms with Gasteiger partial charge in [0.25, 0.3) is 5.91 Å². The Kier molecular flexibility index (Phi) is 8.40. The summed E-state index contributed by atoms with van der Waals surface area (Å²) >= 11 is 0. The number of benzene rings is 2. The van der Waals surface area contributed by atoms with Crippen LogP contribution in [0, 0.1) is 5.82 Å². The second kappa shape index (κ2) is 11.2. The molecule has 0 saturated carbocycles. The summed E-state index contributed by atoms with van der Waals surface area (Å²) in [6, 6.07) is 12.0. The van der Waals surface area contributed by atoms with Gasteiger partial charge < -0.3 is 15.5 Å². The van der Waals surface area contributed by atoms with E-state index in [4.69, 9.17) is 0 Å². The molecular weight excluding hydrogens is 447 g/mol. The van der Waals surface area contributed by atoms with Crippen molar-refractivity contribution in [2.24, 2.45) is 0 Å². The van der Waals surface area contributed by atoms with Gasteiger partial charge in [-0.05, 0) is 48.9 Å². The fourth-order valence-corrected chi connectivity index (χ4v) is 5.00. The van der Waals surface area contributed by atoms with Gasteiger partial charge in [-0.15, -0.1) is 0 Å². The molecule has 0 unspecified atom stereocenters. The first kappa shape index (κ1) is 24.7. The van der Waals surface area contributed by atoms with Gasteiger partial charge in [0.2, 0.25) is 15.9 Å². The molecule has 10 heteroatoms. The number of sulfonamides is 1. The maximum atomic E-state index is 13.1. The van der Waals surface area contributed by atoms with E-state index in [-0.39, 0.29) is 48.2 Å². The number of halogens is 1. The number of carbonyl (C=O) groups excluding carboxylic acids is 2. The smallest absolute Gasteiger partial charge is 0.251 e. The van der Waals surface area contributed by atoms with Gasteiger partial charge >= 0.3 is 0 Å². The Morgan fingerprint density at radius 2 is 1.67 bits per heavy atom. The molecule has 0 bridgehead atoms. The first-order chi connectivity index (χ1) is 15.8. The zero-order valence-electron chi connectivity index (χ0n) is 18.6. The number of nitrogens with one attached hydrogen (secondary N) is 2. The van der Waals surface area contributed by atoms with Crippen LogP contribution in [0.1, 0.15) is 30.1 Å². The number of anilines is 1. The Hall–Kier alpha value is -2.98. The lowest BCUT2D eigenvalue weighted by atomic mass is 10.2. The van der Waals surface area contributed by atoms with Crippen molar-refractivity contribution in [3.8, 4) is 0 Å². The summed E-state index contributed by atoms with van der Waals surface area (Å²) in [5.74, 6) is -0.895. The second-order valence-electron chi connectivity index (χ2n) is 7.75. The van der Waals surface area contributed by atoms with Gasteiger partial charge in [0.1, 0.15) is 5.82 Å². The average molecular weight is 477 g/mol. The van der Waals surface area contributed by atoms with Crippen LogP contribution in [0.25, 0.3) is 0 Å². The third-order valence-corrected chi connectivity index (χ3v) is 7.27. The van der Waals surface area contributed by atoms with Crippen molar-refractivity contribution in [1.82, 2.24) is 14.9 Å². The molecule has 1 aliphatic rings. The molecule has 3 rings (SSSR count). The summed E-state index contributed by atoms with van der Waals surface area (Å²) in [6.45, 7) is 4.22. The minimum absolute atomic E-state index is 0.0473. The molecule has 0 atom stereocenters. The van der Waals surface area contributed by atoms with E-state index in [1.165, 1.54) is 40.7 Å².